The summed E-state index contributed by atoms with van der Waals surface area (Å²) < 4.78 is 23.0. The van der Waals surface area contributed by atoms with E-state index in [0.29, 0.717) is 12.1 Å². The minimum Gasteiger partial charge on any atom is -0.396 e. The molecule has 1 atom stereocenters. The van der Waals surface area contributed by atoms with Gasteiger partial charge in [0.1, 0.15) is 0 Å². The highest BCUT2D eigenvalue weighted by Crippen LogP contribution is 2.29. The number of nitrogens with zero attached hydrogens (tertiary/aromatic N) is 1. The van der Waals surface area contributed by atoms with Crippen molar-refractivity contribution in [3.05, 3.63) is 23.0 Å². The van der Waals surface area contributed by atoms with Crippen LogP contribution in [0.4, 0.5) is 5.69 Å². The second-order valence-electron chi connectivity index (χ2n) is 4.07. The van der Waals surface area contributed by atoms with Crippen LogP contribution in [0.25, 0.3) is 0 Å². The number of sulfone groups is 1. The van der Waals surface area contributed by atoms with Crippen molar-refractivity contribution >= 4 is 27.1 Å². The smallest absolute Gasteiger partial charge is 0.152 e. The fourth-order valence-electron chi connectivity index (χ4n) is 1.94. The van der Waals surface area contributed by atoms with E-state index in [1.54, 1.807) is 12.1 Å². The summed E-state index contributed by atoms with van der Waals surface area (Å²) in [5.74, 6) is 0.406. The largest absolute Gasteiger partial charge is 0.396 e. The Morgan fingerprint density at radius 2 is 2.19 bits per heavy atom. The van der Waals surface area contributed by atoms with Crippen molar-refractivity contribution in [1.82, 2.24) is 4.98 Å². The van der Waals surface area contributed by atoms with Crippen molar-refractivity contribution < 1.29 is 8.42 Å². The summed E-state index contributed by atoms with van der Waals surface area (Å²) in [5.41, 5.74) is 6.70. The van der Waals surface area contributed by atoms with Gasteiger partial charge in [0.25, 0.3) is 0 Å². The quantitative estimate of drug-likeness (QED) is 0.779. The number of nitrogens with two attached hydrogens (primary N) is 1. The van der Waals surface area contributed by atoms with E-state index < -0.39 is 9.84 Å². The van der Waals surface area contributed by atoms with Gasteiger partial charge in [-0.2, -0.15) is 0 Å². The van der Waals surface area contributed by atoms with Crippen LogP contribution in [-0.4, -0.2) is 24.9 Å². The Hall–Kier alpha value is -0.810. The Bertz CT molecular complexity index is 502. The molecule has 2 rings (SSSR count). The Morgan fingerprint density at radius 3 is 2.81 bits per heavy atom. The summed E-state index contributed by atoms with van der Waals surface area (Å²) in [4.78, 5) is 4.14. The molecule has 1 aromatic heterocycles. The highest BCUT2D eigenvalue weighted by Gasteiger charge is 2.26. The number of nitrogen functional groups attached to an aromatic ring is 1. The van der Waals surface area contributed by atoms with E-state index in [0.717, 1.165) is 12.1 Å². The van der Waals surface area contributed by atoms with Crippen LogP contribution in [0.2, 0.25) is 5.15 Å². The summed E-state index contributed by atoms with van der Waals surface area (Å²) in [5, 5.41) is 0.250. The Morgan fingerprint density at radius 1 is 1.44 bits per heavy atom. The van der Waals surface area contributed by atoms with Crippen LogP contribution in [0.1, 0.15) is 24.5 Å². The number of halogens is 1. The first-order valence-electron chi connectivity index (χ1n) is 5.10. The molecule has 1 fully saturated rings. The van der Waals surface area contributed by atoms with Crippen LogP contribution in [0.15, 0.2) is 12.1 Å². The number of rotatable bonds is 1. The molecule has 0 aliphatic carbocycles. The number of pyridine rings is 1. The molecule has 1 saturated heterocycles. The first-order chi connectivity index (χ1) is 7.48. The van der Waals surface area contributed by atoms with E-state index in [1.807, 2.05) is 0 Å². The minimum absolute atomic E-state index is 0.0446. The summed E-state index contributed by atoms with van der Waals surface area (Å²) >= 11 is 5.82. The van der Waals surface area contributed by atoms with Crippen LogP contribution >= 0.6 is 11.6 Å². The number of aromatic nitrogens is 1. The van der Waals surface area contributed by atoms with Crippen molar-refractivity contribution in [3.8, 4) is 0 Å². The maximum Gasteiger partial charge on any atom is 0.152 e. The van der Waals surface area contributed by atoms with Crippen LogP contribution < -0.4 is 5.73 Å². The Labute approximate surface area is 99.7 Å². The molecule has 0 amide bonds. The van der Waals surface area contributed by atoms with E-state index in [9.17, 15) is 8.42 Å². The lowest BCUT2D eigenvalue weighted by Gasteiger charge is -2.21. The van der Waals surface area contributed by atoms with E-state index in [4.69, 9.17) is 17.3 Å². The van der Waals surface area contributed by atoms with Crippen LogP contribution in [0.5, 0.6) is 0 Å². The first-order valence-corrected chi connectivity index (χ1v) is 7.30. The van der Waals surface area contributed by atoms with Gasteiger partial charge in [-0.05, 0) is 25.0 Å². The molecule has 0 saturated carbocycles. The number of anilines is 1. The average Bonchev–Trinajstić information content (AvgIpc) is 2.20. The first kappa shape index (κ1) is 11.7. The van der Waals surface area contributed by atoms with Crippen molar-refractivity contribution in [2.24, 2.45) is 0 Å². The van der Waals surface area contributed by atoms with Gasteiger partial charge in [-0.25, -0.2) is 13.4 Å². The zero-order valence-electron chi connectivity index (χ0n) is 8.69. The SMILES string of the molecule is Nc1ccc(C2CCCS(=O)(=O)C2)nc1Cl. The molecule has 2 heterocycles. The molecule has 88 valence electrons. The van der Waals surface area contributed by atoms with Gasteiger partial charge in [0.05, 0.1) is 17.2 Å². The lowest BCUT2D eigenvalue weighted by atomic mass is 10.0. The lowest BCUT2D eigenvalue weighted by molar-refractivity contribution is 0.550. The fraction of sp³-hybridized carbons (Fsp3) is 0.500. The van der Waals surface area contributed by atoms with Crippen molar-refractivity contribution in [2.75, 3.05) is 17.2 Å². The molecule has 2 N–H and O–H groups in total. The normalized spacial score (nSPS) is 24.2. The standard InChI is InChI=1S/C10H13ClN2O2S/c11-10-8(12)3-4-9(13-10)7-2-1-5-16(14,15)6-7/h3-4,7H,1-2,5-6,12H2. The molecular weight excluding hydrogens is 248 g/mol. The van der Waals surface area contributed by atoms with Crippen LogP contribution in [-0.2, 0) is 9.84 Å². The van der Waals surface area contributed by atoms with Crippen molar-refractivity contribution in [3.63, 3.8) is 0 Å². The number of hydrogen-bond acceptors (Lipinski definition) is 4. The zero-order chi connectivity index (χ0) is 11.8. The maximum atomic E-state index is 11.5. The predicted octanol–water partition coefficient (Wildman–Crippen LogP) is 1.61. The lowest BCUT2D eigenvalue weighted by Crippen LogP contribution is -2.24. The molecule has 1 aliphatic heterocycles. The Balaban J connectivity index is 2.27. The van der Waals surface area contributed by atoms with Gasteiger partial charge < -0.3 is 5.73 Å². The molecule has 6 heteroatoms. The fourth-order valence-corrected chi connectivity index (χ4v) is 3.83. The third kappa shape index (κ3) is 2.47. The average molecular weight is 261 g/mol. The van der Waals surface area contributed by atoms with Crippen LogP contribution in [0.3, 0.4) is 0 Å². The minimum atomic E-state index is -2.92. The van der Waals surface area contributed by atoms with Gasteiger partial charge in [0.2, 0.25) is 0 Å². The summed E-state index contributed by atoms with van der Waals surface area (Å²) in [6, 6.07) is 3.43. The summed E-state index contributed by atoms with van der Waals surface area (Å²) in [7, 11) is -2.92. The van der Waals surface area contributed by atoms with Gasteiger partial charge in [-0.1, -0.05) is 11.6 Å². The molecule has 16 heavy (non-hydrogen) atoms. The predicted molar refractivity (Wildman–Crippen MR) is 64.3 cm³/mol. The van der Waals surface area contributed by atoms with E-state index in [2.05, 4.69) is 4.98 Å². The molecule has 0 aromatic carbocycles. The Kier molecular flexibility index (Phi) is 3.08. The van der Waals surface area contributed by atoms with E-state index in [1.165, 1.54) is 0 Å². The van der Waals surface area contributed by atoms with Gasteiger partial charge in [-0.3, -0.25) is 0 Å². The second-order valence-corrected chi connectivity index (χ2v) is 6.66. The van der Waals surface area contributed by atoms with E-state index >= 15 is 0 Å². The zero-order valence-corrected chi connectivity index (χ0v) is 10.3. The highest BCUT2D eigenvalue weighted by atomic mass is 35.5. The van der Waals surface area contributed by atoms with Gasteiger partial charge in [0.15, 0.2) is 15.0 Å². The van der Waals surface area contributed by atoms with Gasteiger partial charge in [0, 0.05) is 11.6 Å². The molecule has 0 radical (unpaired) electrons. The topological polar surface area (TPSA) is 73.1 Å². The van der Waals surface area contributed by atoms with Crippen molar-refractivity contribution in [1.29, 1.82) is 0 Å². The van der Waals surface area contributed by atoms with Gasteiger partial charge in [-0.15, -0.1) is 0 Å². The third-order valence-corrected chi connectivity index (χ3v) is 4.90. The summed E-state index contributed by atoms with van der Waals surface area (Å²) in [6.45, 7) is 0. The molecule has 4 nitrogen and oxygen atoms in total. The molecular formula is C10H13ClN2O2S. The molecule has 0 spiro atoms. The number of hydrogen-bond donors (Lipinski definition) is 1. The highest BCUT2D eigenvalue weighted by molar-refractivity contribution is 7.91. The van der Waals surface area contributed by atoms with E-state index in [-0.39, 0.29) is 22.6 Å². The van der Waals surface area contributed by atoms with Gasteiger partial charge >= 0.3 is 0 Å². The molecule has 1 aliphatic rings. The maximum absolute atomic E-state index is 11.5. The van der Waals surface area contributed by atoms with Crippen LogP contribution in [0, 0.1) is 0 Å². The molecule has 0 bridgehead atoms. The molecule has 1 aromatic rings. The third-order valence-electron chi connectivity index (χ3n) is 2.78. The monoisotopic (exact) mass is 260 g/mol. The second kappa shape index (κ2) is 4.22. The summed E-state index contributed by atoms with van der Waals surface area (Å²) in [6.07, 6.45) is 1.53. The molecule has 1 unspecified atom stereocenters. The van der Waals surface area contributed by atoms with Crippen molar-refractivity contribution in [2.45, 2.75) is 18.8 Å².